The van der Waals surface area contributed by atoms with Crippen molar-refractivity contribution in [1.29, 1.82) is 0 Å². The summed E-state index contributed by atoms with van der Waals surface area (Å²) in [4.78, 5) is 15.8. The third-order valence-corrected chi connectivity index (χ3v) is 3.49. The van der Waals surface area contributed by atoms with E-state index >= 15 is 0 Å². The molecule has 0 aliphatic carbocycles. The summed E-state index contributed by atoms with van der Waals surface area (Å²) >= 11 is 0. The van der Waals surface area contributed by atoms with Crippen molar-refractivity contribution >= 4 is 17.0 Å². The van der Waals surface area contributed by atoms with E-state index in [2.05, 4.69) is 24.0 Å². The number of aryl methyl sites for hydroxylation is 1. The van der Waals surface area contributed by atoms with E-state index in [1.54, 1.807) is 23.7 Å². The maximum absolute atomic E-state index is 11.4. The molecule has 2 N–H and O–H groups in total. The molecule has 5 heteroatoms. The zero-order valence-corrected chi connectivity index (χ0v) is 12.2. The first-order chi connectivity index (χ1) is 10.7. The third kappa shape index (κ3) is 2.71. The predicted molar refractivity (Wildman–Crippen MR) is 82.7 cm³/mol. The summed E-state index contributed by atoms with van der Waals surface area (Å²) in [6.45, 7) is 2.15. The number of fused-ring (bicyclic) bond motifs is 1. The van der Waals surface area contributed by atoms with Crippen LogP contribution < -0.4 is 5.48 Å². The van der Waals surface area contributed by atoms with E-state index in [-0.39, 0.29) is 0 Å². The second-order valence-corrected chi connectivity index (χ2v) is 5.09. The van der Waals surface area contributed by atoms with Gasteiger partial charge in [-0.15, -0.1) is 0 Å². The highest BCUT2D eigenvalue weighted by molar-refractivity contribution is 5.96. The SMILES string of the molecule is CCCc1ccc(-c2nc3cc(C(=O)NO)ccc3o2)cc1. The van der Waals surface area contributed by atoms with Crippen LogP contribution in [0.2, 0.25) is 0 Å². The minimum absolute atomic E-state index is 0.327. The van der Waals surface area contributed by atoms with E-state index in [0.717, 1.165) is 18.4 Å². The van der Waals surface area contributed by atoms with Crippen molar-refractivity contribution in [3.8, 4) is 11.5 Å². The number of oxazole rings is 1. The standard InChI is InChI=1S/C17H16N2O3/c1-2-3-11-4-6-12(7-5-11)17-18-14-10-13(16(20)19-21)8-9-15(14)22-17/h4-10,21H,2-3H2,1H3,(H,19,20). The van der Waals surface area contributed by atoms with Crippen molar-refractivity contribution in [3.63, 3.8) is 0 Å². The topological polar surface area (TPSA) is 75.4 Å². The fourth-order valence-corrected chi connectivity index (χ4v) is 2.36. The lowest BCUT2D eigenvalue weighted by atomic mass is 10.1. The Kier molecular flexibility index (Phi) is 3.89. The predicted octanol–water partition coefficient (Wildman–Crippen LogP) is 3.57. The number of hydrogen-bond donors (Lipinski definition) is 2. The van der Waals surface area contributed by atoms with E-state index in [1.807, 2.05) is 12.1 Å². The van der Waals surface area contributed by atoms with Gasteiger partial charge in [0.2, 0.25) is 5.89 Å². The van der Waals surface area contributed by atoms with Crippen LogP contribution in [0.5, 0.6) is 0 Å². The molecule has 0 saturated heterocycles. The minimum Gasteiger partial charge on any atom is -0.436 e. The Morgan fingerprint density at radius 3 is 2.68 bits per heavy atom. The van der Waals surface area contributed by atoms with Crippen LogP contribution in [-0.4, -0.2) is 16.1 Å². The molecule has 0 aliphatic heterocycles. The van der Waals surface area contributed by atoms with Crippen LogP contribution in [0.4, 0.5) is 0 Å². The Balaban J connectivity index is 1.95. The average molecular weight is 296 g/mol. The van der Waals surface area contributed by atoms with Gasteiger partial charge >= 0.3 is 0 Å². The Labute approximate surface area is 127 Å². The van der Waals surface area contributed by atoms with Gasteiger partial charge in [0.15, 0.2) is 5.58 Å². The van der Waals surface area contributed by atoms with Crippen LogP contribution in [0.1, 0.15) is 29.3 Å². The number of benzene rings is 2. The van der Waals surface area contributed by atoms with Gasteiger partial charge in [-0.3, -0.25) is 10.0 Å². The zero-order valence-electron chi connectivity index (χ0n) is 12.2. The molecular weight excluding hydrogens is 280 g/mol. The number of carbonyl (C=O) groups excluding carboxylic acids is 1. The first-order valence-electron chi connectivity index (χ1n) is 7.15. The Morgan fingerprint density at radius 2 is 2.00 bits per heavy atom. The van der Waals surface area contributed by atoms with Gasteiger partial charge in [0, 0.05) is 11.1 Å². The number of carbonyl (C=O) groups is 1. The van der Waals surface area contributed by atoms with Crippen LogP contribution >= 0.6 is 0 Å². The van der Waals surface area contributed by atoms with Crippen molar-refractivity contribution in [2.75, 3.05) is 0 Å². The molecule has 0 unspecified atom stereocenters. The molecule has 0 radical (unpaired) electrons. The summed E-state index contributed by atoms with van der Waals surface area (Å²) in [7, 11) is 0. The van der Waals surface area contributed by atoms with Crippen molar-refractivity contribution < 1.29 is 14.4 Å². The van der Waals surface area contributed by atoms with E-state index in [9.17, 15) is 4.79 Å². The van der Waals surface area contributed by atoms with Gasteiger partial charge in [-0.25, -0.2) is 10.5 Å². The molecule has 0 aliphatic rings. The zero-order chi connectivity index (χ0) is 15.5. The highest BCUT2D eigenvalue weighted by Crippen LogP contribution is 2.25. The molecule has 2 aromatic carbocycles. The van der Waals surface area contributed by atoms with Crippen molar-refractivity contribution in [2.24, 2.45) is 0 Å². The molecule has 3 aromatic rings. The molecule has 0 spiro atoms. The lowest BCUT2D eigenvalue weighted by Gasteiger charge is -1.99. The Morgan fingerprint density at radius 1 is 1.23 bits per heavy atom. The fourth-order valence-electron chi connectivity index (χ4n) is 2.36. The number of nitrogens with one attached hydrogen (secondary N) is 1. The van der Waals surface area contributed by atoms with Gasteiger partial charge in [0.25, 0.3) is 5.91 Å². The summed E-state index contributed by atoms with van der Waals surface area (Å²) in [5, 5.41) is 8.67. The maximum atomic E-state index is 11.4. The normalized spacial score (nSPS) is 10.8. The van der Waals surface area contributed by atoms with E-state index in [4.69, 9.17) is 9.62 Å². The minimum atomic E-state index is -0.574. The monoisotopic (exact) mass is 296 g/mol. The second kappa shape index (κ2) is 5.99. The smallest absolute Gasteiger partial charge is 0.274 e. The lowest BCUT2D eigenvalue weighted by molar-refractivity contribution is 0.0706. The van der Waals surface area contributed by atoms with Crippen molar-refractivity contribution in [3.05, 3.63) is 53.6 Å². The molecule has 5 nitrogen and oxygen atoms in total. The molecule has 3 rings (SSSR count). The van der Waals surface area contributed by atoms with Crippen LogP contribution in [0.15, 0.2) is 46.9 Å². The van der Waals surface area contributed by atoms with Gasteiger partial charge in [-0.05, 0) is 42.3 Å². The highest BCUT2D eigenvalue weighted by Gasteiger charge is 2.11. The van der Waals surface area contributed by atoms with Gasteiger partial charge in [0.05, 0.1) is 0 Å². The molecule has 0 atom stereocenters. The number of rotatable bonds is 4. The number of hydrogen-bond acceptors (Lipinski definition) is 4. The summed E-state index contributed by atoms with van der Waals surface area (Å²) in [5.74, 6) is -0.0602. The van der Waals surface area contributed by atoms with E-state index in [1.165, 1.54) is 5.56 Å². The van der Waals surface area contributed by atoms with Crippen LogP contribution in [0, 0.1) is 0 Å². The van der Waals surface area contributed by atoms with Crippen molar-refractivity contribution in [2.45, 2.75) is 19.8 Å². The van der Waals surface area contributed by atoms with Gasteiger partial charge in [0.1, 0.15) is 5.52 Å². The van der Waals surface area contributed by atoms with Gasteiger partial charge in [-0.1, -0.05) is 25.5 Å². The van der Waals surface area contributed by atoms with Gasteiger partial charge < -0.3 is 4.42 Å². The van der Waals surface area contributed by atoms with Crippen LogP contribution in [-0.2, 0) is 6.42 Å². The molecular formula is C17H16N2O3. The summed E-state index contributed by atoms with van der Waals surface area (Å²) < 4.78 is 5.72. The average Bonchev–Trinajstić information content (AvgIpc) is 2.98. The molecule has 1 heterocycles. The first kappa shape index (κ1) is 14.3. The van der Waals surface area contributed by atoms with Gasteiger partial charge in [-0.2, -0.15) is 0 Å². The second-order valence-electron chi connectivity index (χ2n) is 5.09. The molecule has 1 aromatic heterocycles. The molecule has 1 amide bonds. The first-order valence-corrected chi connectivity index (χ1v) is 7.15. The number of hydroxylamine groups is 1. The number of nitrogens with zero attached hydrogens (tertiary/aromatic N) is 1. The third-order valence-electron chi connectivity index (χ3n) is 3.49. The maximum Gasteiger partial charge on any atom is 0.274 e. The largest absolute Gasteiger partial charge is 0.436 e. The summed E-state index contributed by atoms with van der Waals surface area (Å²) in [5.41, 5.74) is 5.28. The highest BCUT2D eigenvalue weighted by atomic mass is 16.5. The molecule has 0 saturated carbocycles. The van der Waals surface area contributed by atoms with Crippen molar-refractivity contribution in [1.82, 2.24) is 10.5 Å². The molecule has 0 fully saturated rings. The Hall–Kier alpha value is -2.66. The van der Waals surface area contributed by atoms with E-state index < -0.39 is 5.91 Å². The van der Waals surface area contributed by atoms with Crippen LogP contribution in [0.25, 0.3) is 22.6 Å². The summed E-state index contributed by atoms with van der Waals surface area (Å²) in [6, 6.07) is 12.9. The molecule has 0 bridgehead atoms. The fraction of sp³-hybridized carbons (Fsp3) is 0.176. The van der Waals surface area contributed by atoms with E-state index in [0.29, 0.717) is 22.6 Å². The number of aromatic nitrogens is 1. The molecule has 112 valence electrons. The molecule has 22 heavy (non-hydrogen) atoms. The number of amides is 1. The quantitative estimate of drug-likeness (QED) is 0.570. The summed E-state index contributed by atoms with van der Waals surface area (Å²) in [6.07, 6.45) is 2.16. The van der Waals surface area contributed by atoms with Crippen LogP contribution in [0.3, 0.4) is 0 Å². The lowest BCUT2D eigenvalue weighted by Crippen LogP contribution is -2.18. The Bertz CT molecular complexity index is 806.